The minimum absolute atomic E-state index is 0. The van der Waals surface area contributed by atoms with Crippen LogP contribution in [0, 0.1) is 5.92 Å². The highest BCUT2D eigenvalue weighted by atomic mass is 127. The predicted molar refractivity (Wildman–Crippen MR) is 114 cm³/mol. The number of hydrogen-bond acceptors (Lipinski definition) is 3. The van der Waals surface area contributed by atoms with Crippen LogP contribution in [0.25, 0.3) is 0 Å². The average Bonchev–Trinajstić information content (AvgIpc) is 2.61. The predicted octanol–water partition coefficient (Wildman–Crippen LogP) is 3.40. The summed E-state index contributed by atoms with van der Waals surface area (Å²) in [6, 6.07) is 5.21. The summed E-state index contributed by atoms with van der Waals surface area (Å²) < 4.78 is 43.9. The van der Waals surface area contributed by atoms with Gasteiger partial charge in [-0.3, -0.25) is 9.89 Å². The van der Waals surface area contributed by atoms with E-state index in [1.807, 2.05) is 0 Å². The smallest absolute Gasteiger partial charge is 0.379 e. The first-order chi connectivity index (χ1) is 12.9. The van der Waals surface area contributed by atoms with Crippen LogP contribution in [-0.4, -0.2) is 50.3 Å². The quantitative estimate of drug-likeness (QED) is 0.349. The summed E-state index contributed by atoms with van der Waals surface area (Å²) in [6.07, 6.45) is -0.609. The summed E-state index contributed by atoms with van der Waals surface area (Å²) in [5.41, 5.74) is 6.15. The Morgan fingerprint density at radius 1 is 1.21 bits per heavy atom. The van der Waals surface area contributed by atoms with Crippen LogP contribution >= 0.6 is 24.0 Å². The second-order valence-electron chi connectivity index (χ2n) is 7.19. The molecule has 1 unspecified atom stereocenters. The number of guanidine groups is 1. The highest BCUT2D eigenvalue weighted by Gasteiger charge is 2.31. The summed E-state index contributed by atoms with van der Waals surface area (Å²) in [5.74, 6) is 1.07. The Labute approximate surface area is 180 Å². The van der Waals surface area contributed by atoms with Crippen molar-refractivity contribution < 1.29 is 17.9 Å². The van der Waals surface area contributed by atoms with Crippen molar-refractivity contribution in [2.75, 3.05) is 39.4 Å². The molecular weight excluding hydrogens is 484 g/mol. The van der Waals surface area contributed by atoms with E-state index in [-0.39, 0.29) is 30.0 Å². The molecule has 3 N–H and O–H groups in total. The van der Waals surface area contributed by atoms with E-state index >= 15 is 0 Å². The number of rotatable bonds is 6. The first kappa shape index (κ1) is 23.2. The van der Waals surface area contributed by atoms with Gasteiger partial charge in [0.1, 0.15) is 0 Å². The fourth-order valence-corrected chi connectivity index (χ4v) is 3.40. The molecule has 28 heavy (non-hydrogen) atoms. The molecule has 1 aromatic carbocycles. The maximum Gasteiger partial charge on any atom is 0.416 e. The number of morpholine rings is 1. The molecule has 0 aromatic heterocycles. The van der Waals surface area contributed by atoms with Gasteiger partial charge in [0.15, 0.2) is 5.96 Å². The molecule has 158 valence electrons. The van der Waals surface area contributed by atoms with E-state index in [1.165, 1.54) is 31.4 Å². The normalized spacial score (nSPS) is 20.2. The zero-order chi connectivity index (χ0) is 19.3. The number of ether oxygens (including phenoxy) is 1. The number of halogens is 4. The van der Waals surface area contributed by atoms with Gasteiger partial charge in [-0.15, -0.1) is 24.0 Å². The first-order valence-electron chi connectivity index (χ1n) is 9.46. The lowest BCUT2D eigenvalue weighted by atomic mass is 9.85. The van der Waals surface area contributed by atoms with E-state index in [0.29, 0.717) is 31.6 Å². The molecule has 0 spiro atoms. The van der Waals surface area contributed by atoms with Gasteiger partial charge >= 0.3 is 6.18 Å². The van der Waals surface area contributed by atoms with E-state index in [9.17, 15) is 13.2 Å². The van der Waals surface area contributed by atoms with Gasteiger partial charge < -0.3 is 15.8 Å². The molecule has 2 aliphatic rings. The lowest BCUT2D eigenvalue weighted by molar-refractivity contribution is -0.137. The van der Waals surface area contributed by atoms with Crippen molar-refractivity contribution in [3.63, 3.8) is 0 Å². The van der Waals surface area contributed by atoms with E-state index in [0.717, 1.165) is 37.3 Å². The number of nitrogens with zero attached hydrogens (tertiary/aromatic N) is 2. The third kappa shape index (κ3) is 6.48. The van der Waals surface area contributed by atoms with Gasteiger partial charge in [-0.2, -0.15) is 13.2 Å². The van der Waals surface area contributed by atoms with E-state index in [2.05, 4.69) is 15.2 Å². The molecule has 9 heteroatoms. The third-order valence-electron chi connectivity index (χ3n) is 5.34. The van der Waals surface area contributed by atoms with Crippen LogP contribution in [0.3, 0.4) is 0 Å². The number of nitrogens with one attached hydrogen (secondary N) is 1. The van der Waals surface area contributed by atoms with Gasteiger partial charge in [0.2, 0.25) is 0 Å². The molecule has 1 aromatic rings. The lowest BCUT2D eigenvalue weighted by Gasteiger charge is -2.34. The van der Waals surface area contributed by atoms with Crippen LogP contribution < -0.4 is 11.1 Å². The molecular formula is C19H28F3IN4O. The van der Waals surface area contributed by atoms with E-state index in [4.69, 9.17) is 10.5 Å². The Kier molecular flexibility index (Phi) is 8.81. The summed E-state index contributed by atoms with van der Waals surface area (Å²) in [4.78, 5) is 6.65. The Balaban J connectivity index is 0.00000280. The first-order valence-corrected chi connectivity index (χ1v) is 9.46. The van der Waals surface area contributed by atoms with E-state index in [1.54, 1.807) is 0 Å². The number of nitrogens with two attached hydrogens (primary N) is 1. The summed E-state index contributed by atoms with van der Waals surface area (Å²) in [6.45, 7) is 3.88. The Morgan fingerprint density at radius 3 is 2.39 bits per heavy atom. The second kappa shape index (κ2) is 10.6. The lowest BCUT2D eigenvalue weighted by Crippen LogP contribution is -2.41. The Bertz CT molecular complexity index is 629. The molecule has 3 rings (SSSR count). The van der Waals surface area contributed by atoms with Crippen LogP contribution in [0.5, 0.6) is 0 Å². The maximum absolute atomic E-state index is 12.8. The zero-order valence-corrected chi connectivity index (χ0v) is 18.1. The SMILES string of the molecule is I.NC(=NCC(c1ccc(C(F)(F)F)cc1)N1CCOCC1)NCC1CCC1. The van der Waals surface area contributed by atoms with Crippen LogP contribution in [0.1, 0.15) is 36.4 Å². The highest BCUT2D eigenvalue weighted by molar-refractivity contribution is 14.0. The summed E-state index contributed by atoms with van der Waals surface area (Å²) in [7, 11) is 0. The van der Waals surface area contributed by atoms with Crippen molar-refractivity contribution in [2.45, 2.75) is 31.5 Å². The number of hydrogen-bond donors (Lipinski definition) is 2. The third-order valence-corrected chi connectivity index (χ3v) is 5.34. The van der Waals surface area contributed by atoms with Crippen LogP contribution in [0.15, 0.2) is 29.3 Å². The standard InChI is InChI=1S/C19H27F3N4O.HI/c20-19(21,22)16-6-4-15(5-7-16)17(26-8-10-27-11-9-26)13-25-18(23)24-12-14-2-1-3-14;/h4-7,14,17H,1-3,8-13H2,(H3,23,24,25);1H. The molecule has 0 amide bonds. The molecule has 1 saturated heterocycles. The van der Waals surface area contributed by atoms with Crippen molar-refractivity contribution in [1.29, 1.82) is 0 Å². The van der Waals surface area contributed by atoms with Crippen LogP contribution in [-0.2, 0) is 10.9 Å². The van der Waals surface area contributed by atoms with Crippen LogP contribution in [0.4, 0.5) is 13.2 Å². The molecule has 1 aliphatic carbocycles. The Morgan fingerprint density at radius 2 is 1.86 bits per heavy atom. The molecule has 5 nitrogen and oxygen atoms in total. The second-order valence-corrected chi connectivity index (χ2v) is 7.19. The molecule has 1 aliphatic heterocycles. The van der Waals surface area contributed by atoms with Crippen LogP contribution in [0.2, 0.25) is 0 Å². The zero-order valence-electron chi connectivity index (χ0n) is 15.8. The monoisotopic (exact) mass is 512 g/mol. The Hall–Kier alpha value is -1.07. The fourth-order valence-electron chi connectivity index (χ4n) is 3.40. The van der Waals surface area contributed by atoms with Crippen molar-refractivity contribution in [3.8, 4) is 0 Å². The molecule has 2 fully saturated rings. The summed E-state index contributed by atoms with van der Waals surface area (Å²) in [5, 5.41) is 3.16. The minimum atomic E-state index is -4.33. The van der Waals surface area contributed by atoms with Gasteiger partial charge in [0.25, 0.3) is 0 Å². The van der Waals surface area contributed by atoms with E-state index < -0.39 is 11.7 Å². The number of alkyl halides is 3. The van der Waals surface area contributed by atoms with Gasteiger partial charge in [-0.1, -0.05) is 18.6 Å². The van der Waals surface area contributed by atoms with Gasteiger partial charge in [0.05, 0.1) is 31.4 Å². The molecule has 1 saturated carbocycles. The van der Waals surface area contributed by atoms with Crippen molar-refractivity contribution in [3.05, 3.63) is 35.4 Å². The number of aliphatic imine (C=N–C) groups is 1. The van der Waals surface area contributed by atoms with Crippen molar-refractivity contribution in [1.82, 2.24) is 10.2 Å². The average molecular weight is 512 g/mol. The largest absolute Gasteiger partial charge is 0.416 e. The van der Waals surface area contributed by atoms with Crippen molar-refractivity contribution >= 4 is 29.9 Å². The molecule has 1 atom stereocenters. The molecule has 0 radical (unpaired) electrons. The highest BCUT2D eigenvalue weighted by Crippen LogP contribution is 2.31. The van der Waals surface area contributed by atoms with Gasteiger partial charge in [0, 0.05) is 19.6 Å². The maximum atomic E-state index is 12.8. The van der Waals surface area contributed by atoms with Gasteiger partial charge in [-0.05, 0) is 36.5 Å². The molecule has 0 bridgehead atoms. The van der Waals surface area contributed by atoms with Gasteiger partial charge in [-0.25, -0.2) is 0 Å². The summed E-state index contributed by atoms with van der Waals surface area (Å²) >= 11 is 0. The minimum Gasteiger partial charge on any atom is -0.379 e. The van der Waals surface area contributed by atoms with Crippen molar-refractivity contribution in [2.24, 2.45) is 16.6 Å². The fraction of sp³-hybridized carbons (Fsp3) is 0.632. The molecule has 1 heterocycles. The topological polar surface area (TPSA) is 62.9 Å². The number of benzene rings is 1.